The summed E-state index contributed by atoms with van der Waals surface area (Å²) in [5.74, 6) is 2.98. The molecule has 4 rings (SSSR count). The number of imidazole rings is 1. The summed E-state index contributed by atoms with van der Waals surface area (Å²) >= 11 is 0. The van der Waals surface area contributed by atoms with Gasteiger partial charge in [-0.25, -0.2) is 9.97 Å². The van der Waals surface area contributed by atoms with Gasteiger partial charge in [0.2, 0.25) is 0 Å². The molecule has 0 aromatic carbocycles. The second-order valence-corrected chi connectivity index (χ2v) is 7.32. The molecule has 1 aliphatic heterocycles. The first-order valence-corrected chi connectivity index (χ1v) is 9.67. The fourth-order valence-corrected chi connectivity index (χ4v) is 3.66. The minimum atomic E-state index is 0.0519. The zero-order chi connectivity index (χ0) is 19.3. The van der Waals surface area contributed by atoms with Gasteiger partial charge in [0.05, 0.1) is 18.4 Å². The third-order valence-corrected chi connectivity index (χ3v) is 5.08. The van der Waals surface area contributed by atoms with Crippen molar-refractivity contribution >= 4 is 11.7 Å². The van der Waals surface area contributed by atoms with Crippen LogP contribution in [0.15, 0.2) is 53.6 Å². The van der Waals surface area contributed by atoms with E-state index in [9.17, 15) is 4.79 Å². The van der Waals surface area contributed by atoms with E-state index in [0.29, 0.717) is 18.0 Å². The summed E-state index contributed by atoms with van der Waals surface area (Å²) in [5.41, 5.74) is 0.627. The Hall–Kier alpha value is -3.09. The number of aryl methyl sites for hydroxylation is 1. The predicted octanol–water partition coefficient (Wildman–Crippen LogP) is 3.34. The molecular formula is C21H25N5O2. The van der Waals surface area contributed by atoms with Crippen LogP contribution < -0.4 is 5.32 Å². The summed E-state index contributed by atoms with van der Waals surface area (Å²) in [5, 5.41) is 3.21. The van der Waals surface area contributed by atoms with E-state index in [1.807, 2.05) is 48.6 Å². The van der Waals surface area contributed by atoms with Crippen molar-refractivity contribution in [2.45, 2.75) is 32.9 Å². The molecule has 1 aliphatic rings. The van der Waals surface area contributed by atoms with Crippen LogP contribution in [0.1, 0.15) is 34.7 Å². The molecule has 1 amide bonds. The molecular weight excluding hydrogens is 354 g/mol. The second kappa shape index (κ2) is 8.29. The van der Waals surface area contributed by atoms with Crippen molar-refractivity contribution in [3.8, 4) is 0 Å². The molecule has 146 valence electrons. The van der Waals surface area contributed by atoms with Crippen LogP contribution in [0.25, 0.3) is 0 Å². The van der Waals surface area contributed by atoms with Crippen LogP contribution in [0.4, 0.5) is 5.82 Å². The number of piperidine rings is 1. The number of carbonyl (C=O) groups is 1. The Labute approximate surface area is 164 Å². The number of rotatable bonds is 6. The number of nitrogens with one attached hydrogen (secondary N) is 1. The van der Waals surface area contributed by atoms with Gasteiger partial charge < -0.3 is 19.2 Å². The van der Waals surface area contributed by atoms with Crippen LogP contribution in [0.5, 0.6) is 0 Å². The number of hydrogen-bond acceptors (Lipinski definition) is 5. The molecule has 7 heteroatoms. The Bertz CT molecular complexity index is 901. The fourth-order valence-electron chi connectivity index (χ4n) is 3.66. The topological polar surface area (TPSA) is 76.2 Å². The highest BCUT2D eigenvalue weighted by molar-refractivity contribution is 5.94. The monoisotopic (exact) mass is 379 g/mol. The lowest BCUT2D eigenvalue weighted by atomic mass is 9.97. The molecule has 28 heavy (non-hydrogen) atoms. The van der Waals surface area contributed by atoms with Gasteiger partial charge in [-0.2, -0.15) is 0 Å². The molecule has 0 aliphatic carbocycles. The van der Waals surface area contributed by atoms with E-state index in [4.69, 9.17) is 4.42 Å². The maximum atomic E-state index is 12.9. The van der Waals surface area contributed by atoms with Gasteiger partial charge in [-0.15, -0.1) is 0 Å². The summed E-state index contributed by atoms with van der Waals surface area (Å²) in [6.45, 7) is 4.96. The van der Waals surface area contributed by atoms with Crippen LogP contribution in [0, 0.1) is 12.8 Å². The fraction of sp³-hybridized carbons (Fsp3) is 0.381. The molecule has 1 fully saturated rings. The second-order valence-electron chi connectivity index (χ2n) is 7.32. The first kappa shape index (κ1) is 18.3. The number of amides is 1. The molecule has 0 unspecified atom stereocenters. The molecule has 0 saturated carbocycles. The molecule has 0 bridgehead atoms. The number of carbonyl (C=O) groups excluding carboxylic acids is 1. The van der Waals surface area contributed by atoms with Gasteiger partial charge in [-0.05, 0) is 49.9 Å². The van der Waals surface area contributed by atoms with Crippen LogP contribution in [0.2, 0.25) is 0 Å². The normalized spacial score (nSPS) is 16.9. The Balaban J connectivity index is 1.33. The minimum absolute atomic E-state index is 0.0519. The number of likely N-dealkylation sites (tertiary alicyclic amines) is 1. The summed E-state index contributed by atoms with van der Waals surface area (Å²) in [6.07, 6.45) is 9.41. The van der Waals surface area contributed by atoms with E-state index >= 15 is 0 Å². The van der Waals surface area contributed by atoms with Crippen LogP contribution >= 0.6 is 0 Å². The predicted molar refractivity (Wildman–Crippen MR) is 106 cm³/mol. The van der Waals surface area contributed by atoms with Crippen molar-refractivity contribution in [2.24, 2.45) is 5.92 Å². The van der Waals surface area contributed by atoms with Gasteiger partial charge in [-0.1, -0.05) is 0 Å². The molecule has 1 N–H and O–H groups in total. The molecule has 7 nitrogen and oxygen atoms in total. The molecule has 1 saturated heterocycles. The maximum Gasteiger partial charge on any atom is 0.255 e. The highest BCUT2D eigenvalue weighted by Crippen LogP contribution is 2.20. The van der Waals surface area contributed by atoms with E-state index in [1.165, 1.54) is 0 Å². The Morgan fingerprint density at radius 3 is 2.96 bits per heavy atom. The van der Waals surface area contributed by atoms with Gasteiger partial charge in [0.25, 0.3) is 5.91 Å². The number of anilines is 1. The van der Waals surface area contributed by atoms with Crippen molar-refractivity contribution in [3.63, 3.8) is 0 Å². The van der Waals surface area contributed by atoms with Gasteiger partial charge in [0.15, 0.2) is 0 Å². The quantitative estimate of drug-likeness (QED) is 0.711. The van der Waals surface area contributed by atoms with Crippen molar-refractivity contribution in [2.75, 3.05) is 18.4 Å². The van der Waals surface area contributed by atoms with E-state index in [-0.39, 0.29) is 5.91 Å². The maximum absolute atomic E-state index is 12.9. The average molecular weight is 379 g/mol. The first-order valence-electron chi connectivity index (χ1n) is 9.67. The summed E-state index contributed by atoms with van der Waals surface area (Å²) in [6, 6.07) is 7.56. The van der Waals surface area contributed by atoms with Crippen LogP contribution in [0.3, 0.4) is 0 Å². The third-order valence-electron chi connectivity index (χ3n) is 5.08. The number of pyridine rings is 1. The minimum Gasteiger partial charge on any atom is -0.465 e. The lowest BCUT2D eigenvalue weighted by Crippen LogP contribution is -2.41. The van der Waals surface area contributed by atoms with Crippen molar-refractivity contribution in [1.82, 2.24) is 19.4 Å². The molecule has 3 aromatic heterocycles. The number of aromatic nitrogens is 3. The number of nitrogens with zero attached hydrogens (tertiary/aromatic N) is 4. The molecule has 3 aromatic rings. The van der Waals surface area contributed by atoms with E-state index in [2.05, 4.69) is 19.9 Å². The highest BCUT2D eigenvalue weighted by Gasteiger charge is 2.24. The molecule has 0 radical (unpaired) electrons. The summed E-state index contributed by atoms with van der Waals surface area (Å²) in [4.78, 5) is 23.3. The molecule has 0 spiro atoms. The van der Waals surface area contributed by atoms with Crippen molar-refractivity contribution < 1.29 is 9.21 Å². The zero-order valence-electron chi connectivity index (χ0n) is 16.0. The lowest BCUT2D eigenvalue weighted by Gasteiger charge is -2.33. The van der Waals surface area contributed by atoms with E-state index < -0.39 is 0 Å². The highest BCUT2D eigenvalue weighted by atomic mass is 16.3. The first-order chi connectivity index (χ1) is 13.7. The van der Waals surface area contributed by atoms with Gasteiger partial charge in [0.1, 0.15) is 17.3 Å². The van der Waals surface area contributed by atoms with Gasteiger partial charge in [0, 0.05) is 38.2 Å². The van der Waals surface area contributed by atoms with Crippen molar-refractivity contribution in [3.05, 3.63) is 66.3 Å². The molecule has 1 atom stereocenters. The van der Waals surface area contributed by atoms with E-state index in [1.54, 1.807) is 12.4 Å². The van der Waals surface area contributed by atoms with E-state index in [0.717, 1.165) is 49.8 Å². The smallest absolute Gasteiger partial charge is 0.255 e. The Morgan fingerprint density at radius 2 is 2.25 bits per heavy atom. The largest absolute Gasteiger partial charge is 0.465 e. The Morgan fingerprint density at radius 1 is 1.32 bits per heavy atom. The van der Waals surface area contributed by atoms with Gasteiger partial charge in [-0.3, -0.25) is 4.79 Å². The third kappa shape index (κ3) is 4.42. The van der Waals surface area contributed by atoms with Crippen LogP contribution in [-0.2, 0) is 13.1 Å². The molecule has 4 heterocycles. The zero-order valence-corrected chi connectivity index (χ0v) is 16.0. The summed E-state index contributed by atoms with van der Waals surface area (Å²) in [7, 11) is 0. The number of hydrogen-bond donors (Lipinski definition) is 1. The van der Waals surface area contributed by atoms with Gasteiger partial charge >= 0.3 is 0 Å². The lowest BCUT2D eigenvalue weighted by molar-refractivity contribution is 0.0662. The Kier molecular flexibility index (Phi) is 5.41. The van der Waals surface area contributed by atoms with Crippen LogP contribution in [-0.4, -0.2) is 38.4 Å². The number of furan rings is 1. The summed E-state index contributed by atoms with van der Waals surface area (Å²) < 4.78 is 7.62. The average Bonchev–Trinajstić information content (AvgIpc) is 3.38. The van der Waals surface area contributed by atoms with Crippen molar-refractivity contribution in [1.29, 1.82) is 0 Å². The standard InChI is InChI=1S/C21H25N5O2/c1-16-4-6-19(28-16)12-24-20-7-5-18(11-23-20)21(27)26-9-2-3-17(14-26)13-25-10-8-22-15-25/h4-8,10-11,15,17H,2-3,9,12-14H2,1H3,(H,23,24)/t17-/m1/s1. The SMILES string of the molecule is Cc1ccc(CNc2ccc(C(=O)N3CCC[C@H](Cn4ccnc4)C3)cn2)o1.